The van der Waals surface area contributed by atoms with Crippen LogP contribution >= 0.6 is 11.3 Å². The van der Waals surface area contributed by atoms with Gasteiger partial charge in [0.15, 0.2) is 0 Å². The summed E-state index contributed by atoms with van der Waals surface area (Å²) in [6.45, 7) is 4.62. The van der Waals surface area contributed by atoms with Gasteiger partial charge in [-0.25, -0.2) is 8.42 Å². The first kappa shape index (κ1) is 14.0. The molecule has 1 aliphatic heterocycles. The molecule has 0 aliphatic carbocycles. The van der Waals surface area contributed by atoms with E-state index in [1.807, 2.05) is 0 Å². The number of thiophene rings is 1. The van der Waals surface area contributed by atoms with Crippen molar-refractivity contribution in [1.29, 1.82) is 0 Å². The molecule has 2 heterocycles. The molecule has 1 aliphatic rings. The van der Waals surface area contributed by atoms with Crippen LogP contribution in [-0.2, 0) is 16.6 Å². The van der Waals surface area contributed by atoms with Crippen molar-refractivity contribution in [2.45, 2.75) is 43.5 Å². The van der Waals surface area contributed by atoms with E-state index in [4.69, 9.17) is 5.11 Å². The van der Waals surface area contributed by atoms with E-state index in [2.05, 4.69) is 13.8 Å². The summed E-state index contributed by atoms with van der Waals surface area (Å²) in [6, 6.07) is 1.69. The van der Waals surface area contributed by atoms with Crippen LogP contribution in [0, 0.1) is 5.92 Å². The first-order valence-electron chi connectivity index (χ1n) is 6.17. The summed E-state index contributed by atoms with van der Waals surface area (Å²) in [5, 5.41) is 10.7. The lowest BCUT2D eigenvalue weighted by Gasteiger charge is -2.26. The first-order chi connectivity index (χ1) is 8.46. The number of hydrogen-bond donors (Lipinski definition) is 1. The Morgan fingerprint density at radius 2 is 2.28 bits per heavy atom. The number of aliphatic hydroxyl groups is 1. The molecule has 1 atom stereocenters. The largest absolute Gasteiger partial charge is 0.392 e. The van der Waals surface area contributed by atoms with Crippen LogP contribution in [0.3, 0.4) is 0 Å². The Labute approximate surface area is 112 Å². The Morgan fingerprint density at radius 3 is 2.83 bits per heavy atom. The fourth-order valence-electron chi connectivity index (χ4n) is 2.42. The average Bonchev–Trinajstić information content (AvgIpc) is 2.98. The minimum Gasteiger partial charge on any atom is -0.392 e. The number of hydrogen-bond acceptors (Lipinski definition) is 4. The van der Waals surface area contributed by atoms with Crippen molar-refractivity contribution < 1.29 is 13.5 Å². The van der Waals surface area contributed by atoms with E-state index >= 15 is 0 Å². The number of sulfonamides is 1. The zero-order valence-corrected chi connectivity index (χ0v) is 12.3. The van der Waals surface area contributed by atoms with Crippen molar-refractivity contribution in [2.24, 2.45) is 5.92 Å². The van der Waals surface area contributed by atoms with E-state index in [9.17, 15) is 8.42 Å². The van der Waals surface area contributed by atoms with E-state index in [1.165, 1.54) is 11.3 Å². The van der Waals surface area contributed by atoms with Crippen molar-refractivity contribution in [3.05, 3.63) is 17.0 Å². The Morgan fingerprint density at radius 1 is 1.56 bits per heavy atom. The monoisotopic (exact) mass is 289 g/mol. The quantitative estimate of drug-likeness (QED) is 0.923. The van der Waals surface area contributed by atoms with Crippen molar-refractivity contribution in [2.75, 3.05) is 6.54 Å². The van der Waals surface area contributed by atoms with E-state index in [1.54, 1.807) is 15.8 Å². The van der Waals surface area contributed by atoms with Crippen LogP contribution in [0.15, 0.2) is 15.7 Å². The molecule has 1 saturated heterocycles. The van der Waals surface area contributed by atoms with Gasteiger partial charge in [-0.15, -0.1) is 11.3 Å². The summed E-state index contributed by atoms with van der Waals surface area (Å²) in [5.74, 6) is 0.333. The second-order valence-electron chi connectivity index (χ2n) is 5.00. The van der Waals surface area contributed by atoms with Crippen LogP contribution in [0.25, 0.3) is 0 Å². The maximum absolute atomic E-state index is 12.5. The van der Waals surface area contributed by atoms with Gasteiger partial charge in [0, 0.05) is 12.6 Å². The third kappa shape index (κ3) is 2.47. The second kappa shape index (κ2) is 5.28. The van der Waals surface area contributed by atoms with Gasteiger partial charge in [-0.3, -0.25) is 0 Å². The molecule has 2 rings (SSSR count). The van der Waals surface area contributed by atoms with Gasteiger partial charge in [-0.2, -0.15) is 4.31 Å². The van der Waals surface area contributed by atoms with E-state index in [-0.39, 0.29) is 12.6 Å². The molecular weight excluding hydrogens is 270 g/mol. The van der Waals surface area contributed by atoms with Gasteiger partial charge in [0.1, 0.15) is 4.21 Å². The number of aliphatic hydroxyl groups excluding tert-OH is 1. The number of nitrogens with zero attached hydrogens (tertiary/aromatic N) is 1. The third-order valence-electron chi connectivity index (χ3n) is 3.39. The van der Waals surface area contributed by atoms with Crippen LogP contribution in [0.1, 0.15) is 32.3 Å². The summed E-state index contributed by atoms with van der Waals surface area (Å²) < 4.78 is 27.0. The molecule has 1 unspecified atom stereocenters. The third-order valence-corrected chi connectivity index (χ3v) is 6.78. The molecule has 1 aromatic heterocycles. The molecule has 0 radical (unpaired) electrons. The van der Waals surface area contributed by atoms with E-state index in [0.717, 1.165) is 12.8 Å². The minimum atomic E-state index is -3.38. The van der Waals surface area contributed by atoms with Crippen LogP contribution in [0.4, 0.5) is 0 Å². The molecule has 1 fully saturated rings. The highest BCUT2D eigenvalue weighted by molar-refractivity contribution is 7.91. The smallest absolute Gasteiger partial charge is 0.252 e. The Kier molecular flexibility index (Phi) is 4.11. The molecule has 0 spiro atoms. The van der Waals surface area contributed by atoms with Crippen LogP contribution in [-0.4, -0.2) is 30.4 Å². The van der Waals surface area contributed by atoms with E-state index < -0.39 is 10.0 Å². The molecule has 4 nitrogen and oxygen atoms in total. The SMILES string of the molecule is CC(C)C1CCCN1S(=O)(=O)c1cc(CO)cs1. The van der Waals surface area contributed by atoms with Gasteiger partial charge >= 0.3 is 0 Å². The summed E-state index contributed by atoms with van der Waals surface area (Å²) in [6.07, 6.45) is 1.87. The molecule has 0 amide bonds. The molecule has 0 bridgehead atoms. The minimum absolute atomic E-state index is 0.106. The average molecular weight is 289 g/mol. The standard InChI is InChI=1S/C12H19NO3S2/c1-9(2)11-4-3-5-13(11)18(15,16)12-6-10(7-14)8-17-12/h6,8-9,11,14H,3-5,7H2,1-2H3. The van der Waals surface area contributed by atoms with Crippen molar-refractivity contribution in [1.82, 2.24) is 4.31 Å². The Bertz CT molecular complexity index is 507. The molecule has 0 saturated carbocycles. The van der Waals surface area contributed by atoms with Gasteiger partial charge in [-0.05, 0) is 35.8 Å². The van der Waals surface area contributed by atoms with E-state index in [0.29, 0.717) is 22.2 Å². The molecule has 6 heteroatoms. The second-order valence-corrected chi connectivity index (χ2v) is 8.03. The lowest BCUT2D eigenvalue weighted by molar-refractivity contribution is 0.282. The Balaban J connectivity index is 2.30. The maximum Gasteiger partial charge on any atom is 0.252 e. The molecule has 1 aromatic rings. The first-order valence-corrected chi connectivity index (χ1v) is 8.49. The predicted molar refractivity (Wildman–Crippen MR) is 72.0 cm³/mol. The topological polar surface area (TPSA) is 57.6 Å². The molecular formula is C12H19NO3S2. The van der Waals surface area contributed by atoms with Crippen LogP contribution in [0.5, 0.6) is 0 Å². The van der Waals surface area contributed by atoms with Crippen molar-refractivity contribution in [3.63, 3.8) is 0 Å². The van der Waals surface area contributed by atoms with Gasteiger partial charge in [0.05, 0.1) is 6.61 Å². The van der Waals surface area contributed by atoms with Crippen LogP contribution < -0.4 is 0 Å². The predicted octanol–water partition coefficient (Wildman–Crippen LogP) is 2.05. The van der Waals surface area contributed by atoms with Gasteiger partial charge in [0.2, 0.25) is 0 Å². The summed E-state index contributed by atoms with van der Waals surface area (Å²) >= 11 is 1.19. The normalized spacial score (nSPS) is 21.9. The zero-order valence-electron chi connectivity index (χ0n) is 10.7. The molecule has 102 valence electrons. The van der Waals surface area contributed by atoms with Crippen molar-refractivity contribution >= 4 is 21.4 Å². The summed E-state index contributed by atoms with van der Waals surface area (Å²) in [7, 11) is -3.38. The van der Waals surface area contributed by atoms with Gasteiger partial charge < -0.3 is 5.11 Å². The highest BCUT2D eigenvalue weighted by atomic mass is 32.2. The molecule has 0 aromatic carbocycles. The highest BCUT2D eigenvalue weighted by Crippen LogP contribution is 2.32. The Hall–Kier alpha value is -0.430. The molecule has 1 N–H and O–H groups in total. The fraction of sp³-hybridized carbons (Fsp3) is 0.667. The maximum atomic E-state index is 12.5. The summed E-state index contributed by atoms with van der Waals surface area (Å²) in [5.41, 5.74) is 0.666. The zero-order chi connectivity index (χ0) is 13.3. The molecule has 18 heavy (non-hydrogen) atoms. The lowest BCUT2D eigenvalue weighted by Crippen LogP contribution is -2.38. The van der Waals surface area contributed by atoms with Gasteiger partial charge in [0.25, 0.3) is 10.0 Å². The van der Waals surface area contributed by atoms with Crippen molar-refractivity contribution in [3.8, 4) is 0 Å². The van der Waals surface area contributed by atoms with Crippen LogP contribution in [0.2, 0.25) is 0 Å². The summed E-state index contributed by atoms with van der Waals surface area (Å²) in [4.78, 5) is 0. The number of rotatable bonds is 4. The fourth-order valence-corrected chi connectivity index (χ4v) is 5.57. The lowest BCUT2D eigenvalue weighted by atomic mass is 10.0. The van der Waals surface area contributed by atoms with Gasteiger partial charge in [-0.1, -0.05) is 13.8 Å². The highest BCUT2D eigenvalue weighted by Gasteiger charge is 2.37.